The summed E-state index contributed by atoms with van der Waals surface area (Å²) in [7, 11) is 0. The van der Waals surface area contributed by atoms with Crippen molar-refractivity contribution in [3.8, 4) is 0 Å². The van der Waals surface area contributed by atoms with Gasteiger partial charge in [-0.2, -0.15) is 0 Å². The molecule has 0 aliphatic heterocycles. The maximum Gasteiger partial charge on any atom is 0.223 e. The van der Waals surface area contributed by atoms with Crippen molar-refractivity contribution >= 4 is 52.8 Å². The Morgan fingerprint density at radius 2 is 0.529 bits per heavy atom. The van der Waals surface area contributed by atoms with Gasteiger partial charge < -0.3 is 53.2 Å². The molecule has 19 heteroatoms. The van der Waals surface area contributed by atoms with Crippen LogP contribution >= 0.6 is 0 Å². The van der Waals surface area contributed by atoms with Crippen molar-refractivity contribution in [1.29, 1.82) is 0 Å². The van der Waals surface area contributed by atoms with Gasteiger partial charge in [0, 0.05) is 112 Å². The Kier molecular flexibility index (Phi) is 66.7. The molecule has 0 heterocycles. The molecular weight excluding hydrogens is 1300 g/mol. The number of hydrogen-bond acceptors (Lipinski definition) is 13. The molecule has 0 saturated heterocycles. The second-order valence-electron chi connectivity index (χ2n) is 33.8. The fourth-order valence-corrected chi connectivity index (χ4v) is 12.2. The van der Waals surface area contributed by atoms with Crippen LogP contribution in [0.1, 0.15) is 364 Å². The zero-order chi connectivity index (χ0) is 79.4. The predicted octanol–water partition coefficient (Wildman–Crippen LogP) is 15.7. The second-order valence-corrected chi connectivity index (χ2v) is 33.8. The molecular formula is C85H168N10O9. The Bertz CT molecular complexity index is 2200. The van der Waals surface area contributed by atoms with Gasteiger partial charge in [0.2, 0.25) is 35.4 Å². The molecule has 0 radical (unpaired) electrons. The summed E-state index contributed by atoms with van der Waals surface area (Å²) in [6.45, 7) is 49.7. The van der Waals surface area contributed by atoms with Crippen molar-refractivity contribution in [2.24, 2.45) is 41.4 Å². The Morgan fingerprint density at radius 3 is 0.837 bits per heavy atom. The molecule has 6 amide bonds. The fraction of sp³-hybridized carbons (Fsp3) is 0.894. The fourth-order valence-electron chi connectivity index (χ4n) is 12.2. The van der Waals surface area contributed by atoms with E-state index >= 15 is 0 Å². The lowest BCUT2D eigenvalue weighted by Crippen LogP contribution is -2.43. The van der Waals surface area contributed by atoms with Crippen LogP contribution in [-0.4, -0.2) is 140 Å². The van der Waals surface area contributed by atoms with Crippen LogP contribution in [0.5, 0.6) is 0 Å². The van der Waals surface area contributed by atoms with Crippen LogP contribution in [0.3, 0.4) is 0 Å². The third kappa shape index (κ3) is 68.2. The number of carbonyl (C=O) groups is 9. The van der Waals surface area contributed by atoms with Crippen molar-refractivity contribution in [2.45, 2.75) is 419 Å². The highest BCUT2D eigenvalue weighted by Gasteiger charge is 2.30. The minimum Gasteiger partial charge on any atom is -0.356 e. The third-order valence-electron chi connectivity index (χ3n) is 18.1. The van der Waals surface area contributed by atoms with Crippen LogP contribution in [-0.2, 0) is 43.2 Å². The van der Waals surface area contributed by atoms with Gasteiger partial charge in [0.25, 0.3) is 0 Å². The minimum absolute atomic E-state index is 0.000496. The van der Waals surface area contributed by atoms with Crippen LogP contribution in [0.4, 0.5) is 0 Å². The maximum atomic E-state index is 13.6. The molecule has 19 nitrogen and oxygen atoms in total. The first-order valence-corrected chi connectivity index (χ1v) is 42.2. The summed E-state index contributed by atoms with van der Waals surface area (Å²) in [6, 6.07) is 0.489. The second kappa shape index (κ2) is 66.8. The summed E-state index contributed by atoms with van der Waals surface area (Å²) in [4.78, 5) is 114. The normalized spacial score (nSPS) is 13.1. The average molecular weight is 1470 g/mol. The molecule has 0 aliphatic carbocycles. The Hall–Kier alpha value is -4.33. The van der Waals surface area contributed by atoms with E-state index < -0.39 is 12.0 Å². The van der Waals surface area contributed by atoms with Crippen LogP contribution in [0.25, 0.3) is 0 Å². The molecule has 0 aliphatic rings. The molecule has 0 bridgehead atoms. The number of rotatable bonds is 64. The summed E-state index contributed by atoms with van der Waals surface area (Å²) in [5, 5.41) is 31.6. The molecule has 0 spiro atoms. The standard InChI is InChI=1S/C35H68N4O4.C30H60N4O3.C20H40N2O2/c1-26(2)17-9-11-21-33(41)37-24-16-14-20-31(39-34(42)22-12-10-18-27(3)4)32(40)25-30(35(43)38-29(7)8)19-13-15-23-36-28(5)6;1-22(2)15-9-10-18-29(36)32-20-14-12-17-27(33-24(5)6)28(35)21-26(30(37)34-25(7)8)16-11-13-19-31-23(3)4;1-15(2)11-7-8-13-19(23)21-14-10-9-12-18(22-17(5)6)20(24)16(3)4/h26-31,36H,9-25H2,1-8H3,(H,37,41)(H,38,43)(H,39,42);22-27,31,33H,9-21H2,1-8H3,(H,32,36)(H,34,37);15-18,22H,7-14H2,1-6H3,(H,21,23). The van der Waals surface area contributed by atoms with E-state index in [1.54, 1.807) is 0 Å². The van der Waals surface area contributed by atoms with Crippen molar-refractivity contribution in [3.05, 3.63) is 0 Å². The number of Topliss-reactive ketones (excluding diaryl/α,β-unsaturated/α-hetero) is 3. The van der Waals surface area contributed by atoms with E-state index in [-0.39, 0.29) is 108 Å². The third-order valence-corrected chi connectivity index (χ3v) is 18.1. The van der Waals surface area contributed by atoms with E-state index in [2.05, 4.69) is 150 Å². The predicted molar refractivity (Wildman–Crippen MR) is 436 cm³/mol. The quantitative estimate of drug-likeness (QED) is 0.0254. The molecule has 0 aromatic heterocycles. The van der Waals surface area contributed by atoms with E-state index in [0.29, 0.717) is 106 Å². The van der Waals surface area contributed by atoms with E-state index in [4.69, 9.17) is 0 Å². The first-order valence-electron chi connectivity index (χ1n) is 42.2. The van der Waals surface area contributed by atoms with Crippen molar-refractivity contribution in [1.82, 2.24) is 53.2 Å². The van der Waals surface area contributed by atoms with Gasteiger partial charge in [0.1, 0.15) is 0 Å². The molecule has 0 aromatic rings. The Morgan fingerprint density at radius 1 is 0.250 bits per heavy atom. The lowest BCUT2D eigenvalue weighted by atomic mass is 9.90. The highest BCUT2D eigenvalue weighted by molar-refractivity contribution is 5.93. The summed E-state index contributed by atoms with van der Waals surface area (Å²) in [5.74, 6) is 2.52. The lowest BCUT2D eigenvalue weighted by molar-refractivity contribution is -0.132. The van der Waals surface area contributed by atoms with Gasteiger partial charge in [0.05, 0.1) is 18.1 Å². The monoisotopic (exact) mass is 1470 g/mol. The van der Waals surface area contributed by atoms with Crippen molar-refractivity contribution in [3.63, 3.8) is 0 Å². The Balaban J connectivity index is -0.00000153. The Labute approximate surface area is 638 Å². The number of hydrogen-bond donors (Lipinski definition) is 10. The summed E-state index contributed by atoms with van der Waals surface area (Å²) < 4.78 is 0. The number of ketones is 3. The van der Waals surface area contributed by atoms with Gasteiger partial charge in [-0.05, 0) is 174 Å². The minimum atomic E-state index is -0.610. The molecule has 5 unspecified atom stereocenters. The number of amides is 6. The van der Waals surface area contributed by atoms with Gasteiger partial charge in [0.15, 0.2) is 17.3 Å². The van der Waals surface area contributed by atoms with Gasteiger partial charge >= 0.3 is 0 Å². The smallest absolute Gasteiger partial charge is 0.223 e. The molecule has 0 fully saturated rings. The summed E-state index contributed by atoms with van der Waals surface area (Å²) in [6.07, 6.45) is 27.3. The summed E-state index contributed by atoms with van der Waals surface area (Å²) >= 11 is 0. The van der Waals surface area contributed by atoms with Gasteiger partial charge in [-0.25, -0.2) is 0 Å². The van der Waals surface area contributed by atoms with E-state index in [0.717, 1.165) is 154 Å². The lowest BCUT2D eigenvalue weighted by Gasteiger charge is -2.24. The maximum absolute atomic E-state index is 13.6. The van der Waals surface area contributed by atoms with E-state index in [1.165, 1.54) is 12.8 Å². The molecule has 0 aromatic carbocycles. The zero-order valence-electron chi connectivity index (χ0n) is 71.3. The number of carbonyl (C=O) groups excluding carboxylic acids is 9. The van der Waals surface area contributed by atoms with Crippen LogP contribution in [0.15, 0.2) is 0 Å². The number of unbranched alkanes of at least 4 members (excludes halogenated alkanes) is 9. The highest BCUT2D eigenvalue weighted by atomic mass is 16.2. The first kappa shape index (κ1) is 104. The van der Waals surface area contributed by atoms with E-state index in [9.17, 15) is 43.2 Å². The van der Waals surface area contributed by atoms with Gasteiger partial charge in [-0.3, -0.25) is 43.2 Å². The SMILES string of the molecule is CC(C)CCCCC(=O)NCCCCC(NC(=O)CCCCC(C)C)C(=O)CC(CCCCNC(C)C)C(=O)NC(C)C.CC(C)CCCCC(=O)NCCCCC(NC(C)C)C(=O)C(C)C.CC(C)CCCCC(=O)NCCCCC(NC(C)C)C(=O)CC(CCCCNC(C)C)C(=O)NC(C)C. The van der Waals surface area contributed by atoms with E-state index in [1.807, 2.05) is 55.4 Å². The molecule has 5 atom stereocenters. The average Bonchev–Trinajstić information content (AvgIpc) is 0.893. The van der Waals surface area contributed by atoms with Crippen molar-refractivity contribution in [2.75, 3.05) is 32.7 Å². The largest absolute Gasteiger partial charge is 0.356 e. The van der Waals surface area contributed by atoms with Crippen LogP contribution < -0.4 is 53.2 Å². The molecule has 0 rings (SSSR count). The first-order chi connectivity index (χ1) is 49.0. The van der Waals surface area contributed by atoms with Gasteiger partial charge in [-0.1, -0.05) is 189 Å². The summed E-state index contributed by atoms with van der Waals surface area (Å²) in [5.41, 5.74) is 0. The van der Waals surface area contributed by atoms with Gasteiger partial charge in [-0.15, -0.1) is 0 Å². The zero-order valence-corrected chi connectivity index (χ0v) is 71.3. The molecule has 104 heavy (non-hydrogen) atoms. The van der Waals surface area contributed by atoms with Crippen molar-refractivity contribution < 1.29 is 43.2 Å². The highest BCUT2D eigenvalue weighted by Crippen LogP contribution is 2.21. The molecule has 10 N–H and O–H groups in total. The number of nitrogens with one attached hydrogen (secondary N) is 10. The van der Waals surface area contributed by atoms with Crippen LogP contribution in [0, 0.1) is 41.4 Å². The van der Waals surface area contributed by atoms with Crippen LogP contribution in [0.2, 0.25) is 0 Å². The molecule has 612 valence electrons. The topological polar surface area (TPSA) is 274 Å². The molecule has 0 saturated carbocycles.